The highest BCUT2D eigenvalue weighted by Gasteiger charge is 1.79. The maximum atomic E-state index is 11.7. The molecule has 0 N–H and O–H groups in total. The Bertz CT molecular complexity index is 55.0. The first-order valence-corrected chi connectivity index (χ1v) is 2.12. The first-order chi connectivity index (χ1) is 2.81. The number of allylic oxidation sites excluding steroid dienone is 2. The lowest BCUT2D eigenvalue weighted by atomic mass is 10.4. The van der Waals surface area contributed by atoms with E-state index in [1.807, 2.05) is 0 Å². The lowest BCUT2D eigenvalue weighted by Crippen LogP contribution is -1.61. The van der Waals surface area contributed by atoms with Crippen molar-refractivity contribution in [3.63, 3.8) is 0 Å². The van der Waals surface area contributed by atoms with E-state index in [1.54, 1.807) is 13.8 Å². The minimum Gasteiger partial charge on any atom is -0.212 e. The molecule has 0 radical (unpaired) electrons. The van der Waals surface area contributed by atoms with Gasteiger partial charge >= 0.3 is 0 Å². The molecule has 0 aliphatic carbocycles. The molecule has 0 saturated carbocycles. The van der Waals surface area contributed by atoms with Gasteiger partial charge in [-0.25, -0.2) is 4.39 Å². The number of hydrogen-bond acceptors (Lipinski definition) is 0. The van der Waals surface area contributed by atoms with E-state index in [-0.39, 0.29) is 5.83 Å². The van der Waals surface area contributed by atoms with Crippen LogP contribution in [0.15, 0.2) is 11.9 Å². The molecular formula is C5H9F. The summed E-state index contributed by atoms with van der Waals surface area (Å²) in [6.07, 6.45) is 2.00. The third kappa shape index (κ3) is 1.94. The van der Waals surface area contributed by atoms with Crippen LogP contribution in [0.1, 0.15) is 20.3 Å². The Morgan fingerprint density at radius 1 is 1.83 bits per heavy atom. The summed E-state index contributed by atoms with van der Waals surface area (Å²) in [5, 5.41) is 0. The van der Waals surface area contributed by atoms with Crippen molar-refractivity contribution in [1.82, 2.24) is 0 Å². The summed E-state index contributed by atoms with van der Waals surface area (Å²) >= 11 is 0. The predicted molar refractivity (Wildman–Crippen MR) is 25.2 cm³/mol. The van der Waals surface area contributed by atoms with Gasteiger partial charge in [0.05, 0.1) is 5.83 Å². The Morgan fingerprint density at radius 3 is 2.33 bits per heavy atom. The van der Waals surface area contributed by atoms with Gasteiger partial charge in [0.15, 0.2) is 0 Å². The third-order valence-corrected chi connectivity index (χ3v) is 0.651. The van der Waals surface area contributed by atoms with Crippen molar-refractivity contribution in [2.75, 3.05) is 0 Å². The van der Waals surface area contributed by atoms with E-state index in [1.165, 1.54) is 6.08 Å². The molecule has 0 aromatic carbocycles. The second-order valence-electron chi connectivity index (χ2n) is 1.09. The Labute approximate surface area is 37.7 Å². The molecule has 0 aliphatic heterocycles. The quantitative estimate of drug-likeness (QED) is 0.461. The van der Waals surface area contributed by atoms with Crippen LogP contribution >= 0.6 is 0 Å². The monoisotopic (exact) mass is 88.1 g/mol. The third-order valence-electron chi connectivity index (χ3n) is 0.651. The summed E-state index contributed by atoms with van der Waals surface area (Å²) in [4.78, 5) is 0. The second-order valence-corrected chi connectivity index (χ2v) is 1.09. The molecule has 1 heteroatoms. The van der Waals surface area contributed by atoms with Crippen LogP contribution in [0, 0.1) is 0 Å². The van der Waals surface area contributed by atoms with E-state index < -0.39 is 0 Å². The zero-order valence-corrected chi connectivity index (χ0v) is 4.16. The molecule has 0 aliphatic rings. The minimum atomic E-state index is -0.0324. The van der Waals surface area contributed by atoms with Crippen molar-refractivity contribution in [3.05, 3.63) is 11.9 Å². The van der Waals surface area contributed by atoms with Crippen LogP contribution in [0.3, 0.4) is 0 Å². The molecule has 6 heavy (non-hydrogen) atoms. The van der Waals surface area contributed by atoms with Gasteiger partial charge in [-0.05, 0) is 13.3 Å². The number of halogens is 1. The SMILES string of the molecule is CC=C(F)CC. The van der Waals surface area contributed by atoms with E-state index in [4.69, 9.17) is 0 Å². The van der Waals surface area contributed by atoms with Crippen LogP contribution in [0.2, 0.25) is 0 Å². The molecule has 0 aromatic rings. The Hall–Kier alpha value is -0.330. The number of rotatable bonds is 1. The highest BCUT2D eigenvalue weighted by molar-refractivity contribution is 4.85. The van der Waals surface area contributed by atoms with E-state index >= 15 is 0 Å². The number of hydrogen-bond donors (Lipinski definition) is 0. The van der Waals surface area contributed by atoms with E-state index in [0.29, 0.717) is 6.42 Å². The average Bonchev–Trinajstić information content (AvgIpc) is 1.65. The largest absolute Gasteiger partial charge is 0.212 e. The molecule has 0 rings (SSSR count). The highest BCUT2D eigenvalue weighted by atomic mass is 19.1. The molecule has 0 unspecified atom stereocenters. The molecule has 0 bridgehead atoms. The van der Waals surface area contributed by atoms with Gasteiger partial charge < -0.3 is 0 Å². The van der Waals surface area contributed by atoms with Gasteiger partial charge in [0.25, 0.3) is 0 Å². The summed E-state index contributed by atoms with van der Waals surface area (Å²) in [5.74, 6) is -0.0324. The van der Waals surface area contributed by atoms with Crippen LogP contribution in [-0.4, -0.2) is 0 Å². The summed E-state index contributed by atoms with van der Waals surface area (Å²) in [7, 11) is 0. The standard InChI is InChI=1S/C5H9F/c1-3-5(6)4-2/h3H,4H2,1-2H3. The fraction of sp³-hybridized carbons (Fsp3) is 0.600. The minimum absolute atomic E-state index is 0.0324. The molecule has 0 heterocycles. The molecule has 0 amide bonds. The first kappa shape index (κ1) is 5.67. The topological polar surface area (TPSA) is 0 Å². The Balaban J connectivity index is 3.22. The van der Waals surface area contributed by atoms with Crippen molar-refractivity contribution in [2.45, 2.75) is 20.3 Å². The molecule has 0 aromatic heterocycles. The zero-order chi connectivity index (χ0) is 4.99. The molecule has 0 atom stereocenters. The molecule has 36 valence electrons. The summed E-state index contributed by atoms with van der Waals surface area (Å²) in [6.45, 7) is 3.48. The lowest BCUT2D eigenvalue weighted by molar-refractivity contribution is 0.602. The van der Waals surface area contributed by atoms with Crippen LogP contribution in [0.25, 0.3) is 0 Å². The maximum absolute atomic E-state index is 11.7. The summed E-state index contributed by atoms with van der Waals surface area (Å²) < 4.78 is 11.7. The Morgan fingerprint density at radius 2 is 2.33 bits per heavy atom. The van der Waals surface area contributed by atoms with Crippen LogP contribution in [0.4, 0.5) is 4.39 Å². The first-order valence-electron chi connectivity index (χ1n) is 2.12. The normalized spacial score (nSPS) is 12.2. The van der Waals surface area contributed by atoms with Crippen molar-refractivity contribution in [1.29, 1.82) is 0 Å². The highest BCUT2D eigenvalue weighted by Crippen LogP contribution is 1.98. The fourth-order valence-corrected chi connectivity index (χ4v) is 0.204. The van der Waals surface area contributed by atoms with Gasteiger partial charge in [0.1, 0.15) is 0 Å². The molecule has 0 nitrogen and oxygen atoms in total. The van der Waals surface area contributed by atoms with Gasteiger partial charge in [-0.3, -0.25) is 0 Å². The van der Waals surface area contributed by atoms with Gasteiger partial charge in [-0.2, -0.15) is 0 Å². The van der Waals surface area contributed by atoms with Crippen molar-refractivity contribution in [3.8, 4) is 0 Å². The summed E-state index contributed by atoms with van der Waals surface area (Å²) in [6, 6.07) is 0. The lowest BCUT2D eigenvalue weighted by Gasteiger charge is -1.79. The van der Waals surface area contributed by atoms with Crippen LogP contribution < -0.4 is 0 Å². The van der Waals surface area contributed by atoms with Crippen molar-refractivity contribution < 1.29 is 4.39 Å². The van der Waals surface area contributed by atoms with E-state index in [0.717, 1.165) is 0 Å². The molecule has 0 fully saturated rings. The zero-order valence-electron chi connectivity index (χ0n) is 4.16. The second kappa shape index (κ2) is 2.88. The maximum Gasteiger partial charge on any atom is 0.0954 e. The van der Waals surface area contributed by atoms with Gasteiger partial charge in [-0.15, -0.1) is 0 Å². The summed E-state index contributed by atoms with van der Waals surface area (Å²) in [5.41, 5.74) is 0. The van der Waals surface area contributed by atoms with Crippen molar-refractivity contribution >= 4 is 0 Å². The average molecular weight is 88.1 g/mol. The Kier molecular flexibility index (Phi) is 2.73. The van der Waals surface area contributed by atoms with Crippen molar-refractivity contribution in [2.24, 2.45) is 0 Å². The van der Waals surface area contributed by atoms with E-state index in [9.17, 15) is 4.39 Å². The molecule has 0 saturated heterocycles. The predicted octanol–water partition coefficient (Wildman–Crippen LogP) is 2.27. The fourth-order valence-electron chi connectivity index (χ4n) is 0.204. The van der Waals surface area contributed by atoms with Gasteiger partial charge in [0, 0.05) is 0 Å². The van der Waals surface area contributed by atoms with Crippen LogP contribution in [0.5, 0.6) is 0 Å². The smallest absolute Gasteiger partial charge is 0.0954 e. The van der Waals surface area contributed by atoms with Gasteiger partial charge in [-0.1, -0.05) is 13.0 Å². The molecular weight excluding hydrogens is 79.1 g/mol. The van der Waals surface area contributed by atoms with Crippen LogP contribution in [-0.2, 0) is 0 Å². The molecule has 0 spiro atoms. The van der Waals surface area contributed by atoms with Gasteiger partial charge in [0.2, 0.25) is 0 Å². The van der Waals surface area contributed by atoms with E-state index in [2.05, 4.69) is 0 Å².